The molecule has 5 rings (SSSR count). The monoisotopic (exact) mass is 327 g/mol. The zero-order valence-electron chi connectivity index (χ0n) is 14.1. The predicted octanol–water partition coefficient (Wildman–Crippen LogP) is 3.30. The summed E-state index contributed by atoms with van der Waals surface area (Å²) in [7, 11) is 1.63. The van der Waals surface area contributed by atoms with Crippen LogP contribution < -0.4 is 15.5 Å². The van der Waals surface area contributed by atoms with Crippen molar-refractivity contribution < 1.29 is 9.53 Å². The molecule has 1 aromatic rings. The molecular formula is C19H25N3O2. The van der Waals surface area contributed by atoms with Crippen LogP contribution in [0.2, 0.25) is 0 Å². The second kappa shape index (κ2) is 6.11. The summed E-state index contributed by atoms with van der Waals surface area (Å²) < 4.78 is 5.18. The van der Waals surface area contributed by atoms with Gasteiger partial charge in [-0.15, -0.1) is 0 Å². The zero-order valence-corrected chi connectivity index (χ0v) is 14.1. The Labute approximate surface area is 142 Å². The number of nitrogens with zero attached hydrogens (tertiary/aromatic N) is 1. The van der Waals surface area contributed by atoms with E-state index in [9.17, 15) is 4.79 Å². The molecule has 5 nitrogen and oxygen atoms in total. The van der Waals surface area contributed by atoms with Gasteiger partial charge in [-0.1, -0.05) is 12.1 Å². The van der Waals surface area contributed by atoms with Gasteiger partial charge in [0.25, 0.3) is 0 Å². The Morgan fingerprint density at radius 2 is 1.88 bits per heavy atom. The quantitative estimate of drug-likeness (QED) is 0.658. The van der Waals surface area contributed by atoms with Crippen molar-refractivity contribution in [1.29, 1.82) is 0 Å². The molecule has 4 fully saturated rings. The van der Waals surface area contributed by atoms with Gasteiger partial charge in [0.1, 0.15) is 5.75 Å². The van der Waals surface area contributed by atoms with Gasteiger partial charge in [-0.25, -0.2) is 10.2 Å². The van der Waals surface area contributed by atoms with Crippen LogP contribution in [-0.2, 0) is 0 Å². The first-order chi connectivity index (χ1) is 11.6. The molecule has 2 amide bonds. The Balaban J connectivity index is 1.34. The molecule has 0 heterocycles. The lowest BCUT2D eigenvalue weighted by Gasteiger charge is -2.56. The average Bonchev–Trinajstić information content (AvgIpc) is 2.53. The Morgan fingerprint density at radius 1 is 1.21 bits per heavy atom. The highest BCUT2D eigenvalue weighted by molar-refractivity contribution is 5.82. The van der Waals surface area contributed by atoms with Crippen molar-refractivity contribution in [2.75, 3.05) is 7.11 Å². The van der Waals surface area contributed by atoms with E-state index in [4.69, 9.17) is 4.74 Å². The van der Waals surface area contributed by atoms with Gasteiger partial charge in [-0.2, -0.15) is 5.10 Å². The molecular weight excluding hydrogens is 302 g/mol. The first-order valence-corrected chi connectivity index (χ1v) is 8.89. The van der Waals surface area contributed by atoms with Crippen molar-refractivity contribution in [3.05, 3.63) is 29.8 Å². The maximum atomic E-state index is 12.3. The van der Waals surface area contributed by atoms with E-state index in [0.717, 1.165) is 48.3 Å². The molecule has 0 spiro atoms. The molecule has 4 aliphatic rings. The van der Waals surface area contributed by atoms with Crippen LogP contribution in [0.25, 0.3) is 0 Å². The third-order valence-electron chi connectivity index (χ3n) is 5.89. The smallest absolute Gasteiger partial charge is 0.335 e. The van der Waals surface area contributed by atoms with Crippen LogP contribution in [0.3, 0.4) is 0 Å². The van der Waals surface area contributed by atoms with Crippen LogP contribution in [0.5, 0.6) is 5.75 Å². The Morgan fingerprint density at radius 3 is 2.50 bits per heavy atom. The Bertz CT molecular complexity index is 620. The number of amides is 2. The molecule has 0 atom stereocenters. The molecule has 1 aromatic carbocycles. The number of benzene rings is 1. The number of hydrogen-bond donors (Lipinski definition) is 2. The Hall–Kier alpha value is -2.04. The molecule has 2 N–H and O–H groups in total. The molecule has 0 radical (unpaired) electrons. The summed E-state index contributed by atoms with van der Waals surface area (Å²) >= 11 is 0. The van der Waals surface area contributed by atoms with Crippen molar-refractivity contribution in [2.45, 2.75) is 44.1 Å². The maximum absolute atomic E-state index is 12.3. The third-order valence-corrected chi connectivity index (χ3v) is 5.89. The molecule has 0 aliphatic heterocycles. The van der Waals surface area contributed by atoms with Crippen LogP contribution in [0.1, 0.15) is 44.1 Å². The topological polar surface area (TPSA) is 62.7 Å². The van der Waals surface area contributed by atoms with E-state index in [-0.39, 0.29) is 11.6 Å². The fraction of sp³-hybridized carbons (Fsp3) is 0.579. The number of hydrazone groups is 1. The number of carbonyl (C=O) groups excluding carboxylic acids is 1. The lowest BCUT2D eigenvalue weighted by Crippen LogP contribution is -2.61. The van der Waals surface area contributed by atoms with Crippen molar-refractivity contribution >= 4 is 12.2 Å². The standard InChI is InChI=1S/C19H25N3O2/c1-24-17-4-2-3-13(8-17)12-20-22-18(23)21-19-9-14-5-15(10-19)7-16(6-14)11-19/h2-4,8,12,14-16H,5-7,9-11H2,1H3,(H2,21,22,23)/b20-12-. The zero-order chi connectivity index (χ0) is 16.6. The number of carbonyl (C=O) groups is 1. The predicted molar refractivity (Wildman–Crippen MR) is 93.2 cm³/mol. The minimum Gasteiger partial charge on any atom is -0.497 e. The summed E-state index contributed by atoms with van der Waals surface area (Å²) in [6, 6.07) is 7.39. The second-order valence-corrected chi connectivity index (χ2v) is 7.80. The first kappa shape index (κ1) is 15.5. The normalized spacial score (nSPS) is 33.6. The highest BCUT2D eigenvalue weighted by Crippen LogP contribution is 2.55. The SMILES string of the molecule is COc1cccc(/C=N\NC(=O)NC23CC4CC(CC(C4)C2)C3)c1. The number of rotatable bonds is 4. The van der Waals surface area contributed by atoms with Crippen LogP contribution in [0.15, 0.2) is 29.4 Å². The first-order valence-electron chi connectivity index (χ1n) is 8.89. The van der Waals surface area contributed by atoms with E-state index >= 15 is 0 Å². The van der Waals surface area contributed by atoms with Crippen LogP contribution in [0, 0.1) is 17.8 Å². The average molecular weight is 327 g/mol. The van der Waals surface area contributed by atoms with E-state index in [2.05, 4.69) is 15.8 Å². The summed E-state index contributed by atoms with van der Waals surface area (Å²) in [6.07, 6.45) is 9.19. The molecule has 4 aliphatic carbocycles. The third kappa shape index (κ3) is 3.12. The van der Waals surface area contributed by atoms with Crippen molar-refractivity contribution in [3.8, 4) is 5.75 Å². The summed E-state index contributed by atoms with van der Waals surface area (Å²) in [4.78, 5) is 12.3. The Kier molecular flexibility index (Phi) is 3.94. The molecule has 0 unspecified atom stereocenters. The largest absolute Gasteiger partial charge is 0.497 e. The summed E-state index contributed by atoms with van der Waals surface area (Å²) in [5, 5.41) is 7.32. The van der Waals surface area contributed by atoms with Gasteiger partial charge in [0, 0.05) is 5.54 Å². The number of urea groups is 1. The van der Waals surface area contributed by atoms with E-state index in [1.807, 2.05) is 24.3 Å². The molecule has 4 bridgehead atoms. The van der Waals surface area contributed by atoms with Gasteiger partial charge >= 0.3 is 6.03 Å². The van der Waals surface area contributed by atoms with Crippen molar-refractivity contribution in [3.63, 3.8) is 0 Å². The molecule has 4 saturated carbocycles. The molecule has 128 valence electrons. The minimum absolute atomic E-state index is 0.0182. The van der Waals surface area contributed by atoms with E-state index < -0.39 is 0 Å². The van der Waals surface area contributed by atoms with Gasteiger partial charge in [0.05, 0.1) is 13.3 Å². The van der Waals surface area contributed by atoms with Crippen LogP contribution >= 0.6 is 0 Å². The minimum atomic E-state index is -0.184. The lowest BCUT2D eigenvalue weighted by atomic mass is 9.53. The highest BCUT2D eigenvalue weighted by atomic mass is 16.5. The summed E-state index contributed by atoms with van der Waals surface area (Å²) in [5.41, 5.74) is 3.53. The van der Waals surface area contributed by atoms with Gasteiger partial charge < -0.3 is 10.1 Å². The van der Waals surface area contributed by atoms with Crippen LogP contribution in [0.4, 0.5) is 4.79 Å². The highest BCUT2D eigenvalue weighted by Gasteiger charge is 2.51. The summed E-state index contributed by atoms with van der Waals surface area (Å²) in [5.74, 6) is 3.22. The van der Waals surface area contributed by atoms with E-state index in [0.29, 0.717) is 0 Å². The van der Waals surface area contributed by atoms with Gasteiger partial charge in [0.2, 0.25) is 0 Å². The van der Waals surface area contributed by atoms with Crippen molar-refractivity contribution in [2.24, 2.45) is 22.9 Å². The van der Waals surface area contributed by atoms with Crippen LogP contribution in [-0.4, -0.2) is 24.9 Å². The maximum Gasteiger partial charge on any atom is 0.335 e. The van der Waals surface area contributed by atoms with Gasteiger partial charge in [-0.05, 0) is 74.0 Å². The lowest BCUT2D eigenvalue weighted by molar-refractivity contribution is -0.0135. The molecule has 24 heavy (non-hydrogen) atoms. The number of methoxy groups -OCH3 is 1. The molecule has 0 saturated heterocycles. The molecule has 5 heteroatoms. The summed E-state index contributed by atoms with van der Waals surface area (Å²) in [6.45, 7) is 0. The van der Waals surface area contributed by atoms with Gasteiger partial charge in [0.15, 0.2) is 0 Å². The number of ether oxygens (including phenoxy) is 1. The van der Waals surface area contributed by atoms with Crippen molar-refractivity contribution in [1.82, 2.24) is 10.7 Å². The van der Waals surface area contributed by atoms with Gasteiger partial charge in [-0.3, -0.25) is 0 Å². The molecule has 0 aromatic heterocycles. The van der Waals surface area contributed by atoms with E-state index in [1.165, 1.54) is 19.3 Å². The fourth-order valence-corrected chi connectivity index (χ4v) is 5.42. The second-order valence-electron chi connectivity index (χ2n) is 7.80. The number of hydrogen-bond acceptors (Lipinski definition) is 3. The fourth-order valence-electron chi connectivity index (χ4n) is 5.42. The number of nitrogens with one attached hydrogen (secondary N) is 2. The van der Waals surface area contributed by atoms with E-state index in [1.54, 1.807) is 13.3 Å².